The molecular weight excluding hydrogens is 252 g/mol. The van der Waals surface area contributed by atoms with Crippen molar-refractivity contribution in [3.8, 4) is 5.75 Å². The molecule has 2 N–H and O–H groups in total. The summed E-state index contributed by atoms with van der Waals surface area (Å²) in [5.41, 5.74) is 2.49. The molecule has 0 unspecified atom stereocenters. The highest BCUT2D eigenvalue weighted by atomic mass is 16.4. The Morgan fingerprint density at radius 3 is 2.45 bits per heavy atom. The van der Waals surface area contributed by atoms with Crippen molar-refractivity contribution >= 4 is 5.97 Å². The van der Waals surface area contributed by atoms with Gasteiger partial charge in [-0.2, -0.15) is 0 Å². The van der Waals surface area contributed by atoms with Crippen molar-refractivity contribution in [3.05, 3.63) is 77.4 Å². The summed E-state index contributed by atoms with van der Waals surface area (Å²) in [6.45, 7) is 3.63. The van der Waals surface area contributed by atoms with Gasteiger partial charge in [0.05, 0.1) is 0 Å². The summed E-state index contributed by atoms with van der Waals surface area (Å²) in [5.74, 6) is -1.29. The molecule has 0 aliphatic heterocycles. The highest BCUT2D eigenvalue weighted by molar-refractivity contribution is 5.91. The number of rotatable bonds is 5. The molecule has 0 aliphatic carbocycles. The molecule has 2 rings (SSSR count). The predicted octanol–water partition coefficient (Wildman–Crippen LogP) is 3.41. The predicted molar refractivity (Wildman–Crippen MR) is 78.2 cm³/mol. The second kappa shape index (κ2) is 6.06. The molecule has 102 valence electrons. The third-order valence-electron chi connectivity index (χ3n) is 3.09. The normalized spacial score (nSPS) is 10.2. The van der Waals surface area contributed by atoms with Crippen molar-refractivity contribution in [2.75, 3.05) is 0 Å². The number of carbonyl (C=O) groups is 1. The summed E-state index contributed by atoms with van der Waals surface area (Å²) in [4.78, 5) is 11.2. The van der Waals surface area contributed by atoms with Gasteiger partial charge in [0.1, 0.15) is 11.3 Å². The van der Waals surface area contributed by atoms with Gasteiger partial charge in [-0.1, -0.05) is 42.5 Å². The number of hydrogen-bond donors (Lipinski definition) is 2. The molecule has 3 nitrogen and oxygen atoms in total. The molecule has 0 aliphatic rings. The minimum Gasteiger partial charge on any atom is -0.507 e. The number of aromatic hydroxyl groups is 1. The van der Waals surface area contributed by atoms with Crippen LogP contribution in [0.15, 0.2) is 55.1 Å². The lowest BCUT2D eigenvalue weighted by molar-refractivity contribution is 0.0693. The molecule has 0 saturated carbocycles. The maximum absolute atomic E-state index is 11.2. The van der Waals surface area contributed by atoms with E-state index in [0.717, 1.165) is 11.1 Å². The Bertz CT molecular complexity index is 630. The zero-order valence-electron chi connectivity index (χ0n) is 11.0. The van der Waals surface area contributed by atoms with Crippen molar-refractivity contribution in [3.63, 3.8) is 0 Å². The molecule has 0 saturated heterocycles. The van der Waals surface area contributed by atoms with Crippen LogP contribution < -0.4 is 0 Å². The second-order valence-electron chi connectivity index (χ2n) is 4.61. The maximum Gasteiger partial charge on any atom is 0.339 e. The van der Waals surface area contributed by atoms with E-state index in [9.17, 15) is 9.90 Å². The van der Waals surface area contributed by atoms with Crippen LogP contribution in [0.1, 0.15) is 27.0 Å². The second-order valence-corrected chi connectivity index (χ2v) is 4.61. The first-order valence-corrected chi connectivity index (χ1v) is 6.34. The Hall–Kier alpha value is -2.55. The highest BCUT2D eigenvalue weighted by Gasteiger charge is 2.15. The topological polar surface area (TPSA) is 57.5 Å². The fourth-order valence-electron chi connectivity index (χ4n) is 2.17. The van der Waals surface area contributed by atoms with Gasteiger partial charge < -0.3 is 10.2 Å². The summed E-state index contributed by atoms with van der Waals surface area (Å²) in [6.07, 6.45) is 2.72. The first-order valence-electron chi connectivity index (χ1n) is 6.34. The van der Waals surface area contributed by atoms with Crippen molar-refractivity contribution in [2.24, 2.45) is 0 Å². The van der Waals surface area contributed by atoms with Gasteiger partial charge in [0.15, 0.2) is 0 Å². The number of carboxylic acids is 1. The average Bonchev–Trinajstić information content (AvgIpc) is 2.43. The molecule has 0 aromatic heterocycles. The molecule has 0 fully saturated rings. The van der Waals surface area contributed by atoms with Gasteiger partial charge in [-0.25, -0.2) is 4.79 Å². The first kappa shape index (κ1) is 13.9. The number of benzene rings is 2. The van der Waals surface area contributed by atoms with Crippen LogP contribution in [0.4, 0.5) is 0 Å². The van der Waals surface area contributed by atoms with E-state index >= 15 is 0 Å². The molecule has 0 heterocycles. The van der Waals surface area contributed by atoms with Gasteiger partial charge in [-0.15, -0.1) is 6.58 Å². The molecule has 0 amide bonds. The third kappa shape index (κ3) is 3.06. The fourth-order valence-corrected chi connectivity index (χ4v) is 2.17. The lowest BCUT2D eigenvalue weighted by Crippen LogP contribution is -2.02. The summed E-state index contributed by atoms with van der Waals surface area (Å²) >= 11 is 0. The monoisotopic (exact) mass is 268 g/mol. The minimum absolute atomic E-state index is 0.0599. The van der Waals surface area contributed by atoms with E-state index in [-0.39, 0.29) is 11.3 Å². The van der Waals surface area contributed by atoms with Crippen LogP contribution in [-0.4, -0.2) is 16.2 Å². The quantitative estimate of drug-likeness (QED) is 0.817. The molecule has 0 atom stereocenters. The van der Waals surface area contributed by atoms with E-state index in [4.69, 9.17) is 5.11 Å². The molecule has 20 heavy (non-hydrogen) atoms. The average molecular weight is 268 g/mol. The minimum atomic E-state index is -1.12. The first-order chi connectivity index (χ1) is 9.61. The van der Waals surface area contributed by atoms with Gasteiger partial charge in [-0.3, -0.25) is 0 Å². The lowest BCUT2D eigenvalue weighted by atomic mass is 9.97. The molecule has 2 aromatic rings. The van der Waals surface area contributed by atoms with Crippen LogP contribution in [0.5, 0.6) is 5.75 Å². The van der Waals surface area contributed by atoms with Gasteiger partial charge in [0, 0.05) is 0 Å². The van der Waals surface area contributed by atoms with Crippen molar-refractivity contribution in [1.29, 1.82) is 0 Å². The highest BCUT2D eigenvalue weighted by Crippen LogP contribution is 2.26. The molecule has 0 bridgehead atoms. The van der Waals surface area contributed by atoms with E-state index in [1.54, 1.807) is 6.08 Å². The summed E-state index contributed by atoms with van der Waals surface area (Å²) < 4.78 is 0. The van der Waals surface area contributed by atoms with E-state index in [1.807, 2.05) is 36.4 Å². The summed E-state index contributed by atoms with van der Waals surface area (Å²) in [6, 6.07) is 13.2. The molecule has 3 heteroatoms. The van der Waals surface area contributed by atoms with E-state index in [1.165, 1.54) is 6.07 Å². The standard InChI is InChI=1S/C17H16O3/c1-2-6-14-10-13(9-12-7-4-3-5-8-12)11-15(16(14)18)17(19)20/h2-5,7-8,10-11,18H,1,6,9H2,(H,19,20). The Morgan fingerprint density at radius 2 is 1.85 bits per heavy atom. The number of hydrogen-bond acceptors (Lipinski definition) is 2. The van der Waals surface area contributed by atoms with Crippen LogP contribution in [0.2, 0.25) is 0 Å². The van der Waals surface area contributed by atoms with Gasteiger partial charge in [0.25, 0.3) is 0 Å². The number of phenols is 1. The molecule has 0 spiro atoms. The van der Waals surface area contributed by atoms with E-state index in [0.29, 0.717) is 18.4 Å². The smallest absolute Gasteiger partial charge is 0.339 e. The zero-order valence-corrected chi connectivity index (χ0v) is 11.0. The van der Waals surface area contributed by atoms with Gasteiger partial charge in [-0.05, 0) is 35.6 Å². The summed E-state index contributed by atoms with van der Waals surface area (Å²) in [5, 5.41) is 19.1. The van der Waals surface area contributed by atoms with Crippen LogP contribution in [0, 0.1) is 0 Å². The van der Waals surface area contributed by atoms with Gasteiger partial charge in [0.2, 0.25) is 0 Å². The van der Waals surface area contributed by atoms with Crippen LogP contribution >= 0.6 is 0 Å². The molecule has 0 radical (unpaired) electrons. The number of carboxylic acid groups (broad SMARTS) is 1. The Balaban J connectivity index is 2.42. The van der Waals surface area contributed by atoms with E-state index < -0.39 is 5.97 Å². The Kier molecular flexibility index (Phi) is 4.20. The van der Waals surface area contributed by atoms with E-state index in [2.05, 4.69) is 6.58 Å². The van der Waals surface area contributed by atoms with Crippen molar-refractivity contribution < 1.29 is 15.0 Å². The van der Waals surface area contributed by atoms with Gasteiger partial charge >= 0.3 is 5.97 Å². The zero-order chi connectivity index (χ0) is 14.5. The van der Waals surface area contributed by atoms with Crippen LogP contribution in [0.25, 0.3) is 0 Å². The maximum atomic E-state index is 11.2. The Labute approximate surface area is 117 Å². The fraction of sp³-hybridized carbons (Fsp3) is 0.118. The molecule has 2 aromatic carbocycles. The van der Waals surface area contributed by atoms with Crippen molar-refractivity contribution in [1.82, 2.24) is 0 Å². The van der Waals surface area contributed by atoms with Crippen molar-refractivity contribution in [2.45, 2.75) is 12.8 Å². The lowest BCUT2D eigenvalue weighted by Gasteiger charge is -2.10. The number of allylic oxidation sites excluding steroid dienone is 1. The SMILES string of the molecule is C=CCc1cc(Cc2ccccc2)cc(C(=O)O)c1O. The molecular formula is C17H16O3. The Morgan fingerprint density at radius 1 is 1.15 bits per heavy atom. The van der Waals surface area contributed by atoms with Crippen LogP contribution in [-0.2, 0) is 12.8 Å². The number of aromatic carboxylic acids is 1. The summed E-state index contributed by atoms with van der Waals surface area (Å²) in [7, 11) is 0. The third-order valence-corrected chi connectivity index (χ3v) is 3.09. The van der Waals surface area contributed by atoms with Crippen LogP contribution in [0.3, 0.4) is 0 Å². The largest absolute Gasteiger partial charge is 0.507 e.